The molecule has 5 nitrogen and oxygen atoms in total. The Morgan fingerprint density at radius 2 is 2.08 bits per heavy atom. The van der Waals surface area contributed by atoms with Gasteiger partial charge in [0.25, 0.3) is 0 Å². The Bertz CT molecular complexity index is 750. The zero-order chi connectivity index (χ0) is 17.3. The second-order valence-electron chi connectivity index (χ2n) is 7.06. The third-order valence-corrected chi connectivity index (χ3v) is 5.43. The Balaban J connectivity index is 1.27. The fourth-order valence-electron chi connectivity index (χ4n) is 3.78. The van der Waals surface area contributed by atoms with Gasteiger partial charge in [0.05, 0.1) is 5.69 Å². The first-order valence-corrected chi connectivity index (χ1v) is 8.85. The number of aromatic nitrogens is 1. The highest BCUT2D eigenvalue weighted by Gasteiger charge is 2.57. The number of nitrogens with one attached hydrogen (secondary N) is 2. The van der Waals surface area contributed by atoms with E-state index in [1.54, 1.807) is 18.4 Å². The van der Waals surface area contributed by atoms with Gasteiger partial charge in [0.1, 0.15) is 12.1 Å². The van der Waals surface area contributed by atoms with Gasteiger partial charge >= 0.3 is 0 Å². The van der Waals surface area contributed by atoms with E-state index in [4.69, 9.17) is 4.42 Å². The van der Waals surface area contributed by atoms with E-state index in [0.717, 1.165) is 43.6 Å². The number of hydrogen-bond donors (Lipinski definition) is 2. The van der Waals surface area contributed by atoms with Gasteiger partial charge < -0.3 is 15.1 Å². The van der Waals surface area contributed by atoms with E-state index in [0.29, 0.717) is 18.9 Å². The third kappa shape index (κ3) is 3.44. The van der Waals surface area contributed by atoms with E-state index >= 15 is 0 Å². The van der Waals surface area contributed by atoms with Crippen LogP contribution >= 0.6 is 0 Å². The molecule has 1 aromatic heterocycles. The SMILES string of the molecule is O=C(NCCc1coc(-c2ccc(F)cc2)n1)C1CC12CCNCC2. The number of carbonyl (C=O) groups excluding carboxylic acids is 1. The van der Waals surface area contributed by atoms with E-state index in [2.05, 4.69) is 15.6 Å². The van der Waals surface area contributed by atoms with Gasteiger partial charge in [0.2, 0.25) is 11.8 Å². The number of nitrogens with zero attached hydrogens (tertiary/aromatic N) is 1. The van der Waals surface area contributed by atoms with E-state index < -0.39 is 0 Å². The lowest BCUT2D eigenvalue weighted by Gasteiger charge is -2.23. The quantitative estimate of drug-likeness (QED) is 0.875. The van der Waals surface area contributed by atoms with Gasteiger partial charge in [-0.25, -0.2) is 9.37 Å². The molecule has 25 heavy (non-hydrogen) atoms. The van der Waals surface area contributed by atoms with Gasteiger partial charge in [-0.15, -0.1) is 0 Å². The van der Waals surface area contributed by atoms with Crippen molar-refractivity contribution in [3.8, 4) is 11.5 Å². The number of rotatable bonds is 5. The van der Waals surface area contributed by atoms with Gasteiger partial charge in [-0.05, 0) is 62.0 Å². The fourth-order valence-corrected chi connectivity index (χ4v) is 3.78. The molecule has 1 aromatic carbocycles. The van der Waals surface area contributed by atoms with Crippen LogP contribution in [0.2, 0.25) is 0 Å². The van der Waals surface area contributed by atoms with Gasteiger partial charge in [0.15, 0.2) is 0 Å². The number of benzene rings is 1. The summed E-state index contributed by atoms with van der Waals surface area (Å²) < 4.78 is 18.4. The van der Waals surface area contributed by atoms with Crippen molar-refractivity contribution < 1.29 is 13.6 Å². The second kappa shape index (κ2) is 6.59. The van der Waals surface area contributed by atoms with Crippen molar-refractivity contribution in [1.29, 1.82) is 0 Å². The van der Waals surface area contributed by atoms with Crippen molar-refractivity contribution in [2.75, 3.05) is 19.6 Å². The molecule has 2 aliphatic rings. The Hall–Kier alpha value is -2.21. The summed E-state index contributed by atoms with van der Waals surface area (Å²) >= 11 is 0. The lowest BCUT2D eigenvalue weighted by molar-refractivity contribution is -0.123. The minimum Gasteiger partial charge on any atom is -0.444 e. The van der Waals surface area contributed by atoms with Gasteiger partial charge in [-0.3, -0.25) is 4.79 Å². The molecule has 6 heteroatoms. The largest absolute Gasteiger partial charge is 0.444 e. The summed E-state index contributed by atoms with van der Waals surface area (Å²) in [6.45, 7) is 2.60. The Morgan fingerprint density at radius 3 is 2.84 bits per heavy atom. The molecular weight excluding hydrogens is 321 g/mol. The highest BCUT2D eigenvalue weighted by atomic mass is 19.1. The van der Waals surface area contributed by atoms with Crippen LogP contribution in [0, 0.1) is 17.2 Å². The molecule has 0 radical (unpaired) electrons. The molecule has 1 aliphatic heterocycles. The monoisotopic (exact) mass is 343 g/mol. The van der Waals surface area contributed by atoms with Gasteiger partial charge in [-0.2, -0.15) is 0 Å². The van der Waals surface area contributed by atoms with Crippen molar-refractivity contribution >= 4 is 5.91 Å². The van der Waals surface area contributed by atoms with Crippen LogP contribution in [0.5, 0.6) is 0 Å². The van der Waals surface area contributed by atoms with Crippen molar-refractivity contribution in [2.24, 2.45) is 11.3 Å². The predicted molar refractivity (Wildman–Crippen MR) is 91.3 cm³/mol. The lowest BCUT2D eigenvalue weighted by atomic mass is 9.92. The van der Waals surface area contributed by atoms with Crippen LogP contribution in [0.4, 0.5) is 4.39 Å². The Kier molecular flexibility index (Phi) is 4.29. The maximum Gasteiger partial charge on any atom is 0.226 e. The summed E-state index contributed by atoms with van der Waals surface area (Å²) in [5, 5.41) is 6.38. The minimum absolute atomic E-state index is 0.171. The molecule has 1 aliphatic carbocycles. The fraction of sp³-hybridized carbons (Fsp3) is 0.474. The molecule has 1 atom stereocenters. The standard InChI is InChI=1S/C19H22FN3O2/c20-14-3-1-13(2-4-14)18-23-15(12-25-18)5-8-22-17(24)16-11-19(16)6-9-21-10-7-19/h1-4,12,16,21H,5-11H2,(H,22,24). The lowest BCUT2D eigenvalue weighted by Crippen LogP contribution is -2.34. The van der Waals surface area contributed by atoms with Crippen LogP contribution in [0.15, 0.2) is 34.9 Å². The van der Waals surface area contributed by atoms with E-state index in [1.807, 2.05) is 0 Å². The van der Waals surface area contributed by atoms with Crippen molar-refractivity contribution in [2.45, 2.75) is 25.7 Å². The van der Waals surface area contributed by atoms with Crippen LogP contribution in [0.3, 0.4) is 0 Å². The molecule has 2 aromatic rings. The molecular formula is C19H22FN3O2. The molecule has 2 fully saturated rings. The average Bonchev–Trinajstić information content (AvgIpc) is 3.10. The van der Waals surface area contributed by atoms with Crippen LogP contribution in [0.25, 0.3) is 11.5 Å². The van der Waals surface area contributed by atoms with Crippen molar-refractivity contribution in [3.05, 3.63) is 42.0 Å². The topological polar surface area (TPSA) is 67.2 Å². The first-order chi connectivity index (χ1) is 12.2. The number of oxazole rings is 1. The molecule has 1 saturated heterocycles. The predicted octanol–water partition coefficient (Wildman–Crippen LogP) is 2.53. The van der Waals surface area contributed by atoms with Crippen LogP contribution in [-0.4, -0.2) is 30.5 Å². The van der Waals surface area contributed by atoms with Gasteiger partial charge in [-0.1, -0.05) is 0 Å². The minimum atomic E-state index is -0.287. The molecule has 1 amide bonds. The Morgan fingerprint density at radius 1 is 1.32 bits per heavy atom. The molecule has 1 unspecified atom stereocenters. The average molecular weight is 343 g/mol. The molecule has 4 rings (SSSR count). The van der Waals surface area contributed by atoms with Crippen LogP contribution in [0.1, 0.15) is 25.0 Å². The first-order valence-electron chi connectivity index (χ1n) is 8.85. The number of piperidine rings is 1. The van der Waals surface area contributed by atoms with Gasteiger partial charge in [0, 0.05) is 24.4 Å². The summed E-state index contributed by atoms with van der Waals surface area (Å²) in [5.41, 5.74) is 1.79. The summed E-state index contributed by atoms with van der Waals surface area (Å²) in [6.07, 6.45) is 5.46. The summed E-state index contributed by atoms with van der Waals surface area (Å²) in [5.74, 6) is 0.535. The van der Waals surface area contributed by atoms with Crippen LogP contribution in [-0.2, 0) is 11.2 Å². The zero-order valence-electron chi connectivity index (χ0n) is 14.1. The highest BCUT2D eigenvalue weighted by Crippen LogP contribution is 2.58. The van der Waals surface area contributed by atoms with E-state index in [1.165, 1.54) is 12.1 Å². The van der Waals surface area contributed by atoms with E-state index in [9.17, 15) is 9.18 Å². The maximum atomic E-state index is 13.0. The molecule has 2 N–H and O–H groups in total. The van der Waals surface area contributed by atoms with E-state index in [-0.39, 0.29) is 23.1 Å². The number of hydrogen-bond acceptors (Lipinski definition) is 4. The third-order valence-electron chi connectivity index (χ3n) is 5.43. The van der Waals surface area contributed by atoms with Crippen molar-refractivity contribution in [3.63, 3.8) is 0 Å². The summed E-state index contributed by atoms with van der Waals surface area (Å²) in [7, 11) is 0. The second-order valence-corrected chi connectivity index (χ2v) is 7.06. The summed E-state index contributed by atoms with van der Waals surface area (Å²) in [4.78, 5) is 16.7. The normalized spacial score (nSPS) is 21.2. The van der Waals surface area contributed by atoms with Crippen molar-refractivity contribution in [1.82, 2.24) is 15.6 Å². The zero-order valence-corrected chi connectivity index (χ0v) is 14.1. The molecule has 1 spiro atoms. The number of halogens is 1. The number of amides is 1. The van der Waals surface area contributed by atoms with Crippen LogP contribution < -0.4 is 10.6 Å². The molecule has 132 valence electrons. The number of carbonyl (C=O) groups is 1. The smallest absolute Gasteiger partial charge is 0.226 e. The maximum absolute atomic E-state index is 13.0. The molecule has 2 heterocycles. The molecule has 1 saturated carbocycles. The highest BCUT2D eigenvalue weighted by molar-refractivity contribution is 5.82. The Labute approximate surface area is 146 Å². The first kappa shape index (κ1) is 16.3. The summed E-state index contributed by atoms with van der Waals surface area (Å²) in [6, 6.07) is 6.04. The molecule has 0 bridgehead atoms.